The topological polar surface area (TPSA) is 64.4 Å². The summed E-state index contributed by atoms with van der Waals surface area (Å²) >= 11 is 0. The predicted molar refractivity (Wildman–Crippen MR) is 72.3 cm³/mol. The van der Waals surface area contributed by atoms with Crippen LogP contribution in [0.5, 0.6) is 5.75 Å². The van der Waals surface area contributed by atoms with Crippen molar-refractivity contribution in [3.63, 3.8) is 0 Å². The van der Waals surface area contributed by atoms with Crippen molar-refractivity contribution < 1.29 is 13.9 Å². The first-order valence-corrected chi connectivity index (χ1v) is 6.41. The quantitative estimate of drug-likeness (QED) is 0.740. The average Bonchev–Trinajstić information content (AvgIpc) is 2.35. The molecule has 1 atom stereocenters. The highest BCUT2D eigenvalue weighted by molar-refractivity contribution is 5.81. The minimum absolute atomic E-state index is 0.184. The number of benzene rings is 1. The highest BCUT2D eigenvalue weighted by Crippen LogP contribution is 2.14. The van der Waals surface area contributed by atoms with E-state index in [-0.39, 0.29) is 18.3 Å². The van der Waals surface area contributed by atoms with E-state index in [1.807, 2.05) is 13.8 Å². The van der Waals surface area contributed by atoms with Crippen molar-refractivity contribution in [1.82, 2.24) is 5.32 Å². The Bertz CT molecular complexity index is 410. The molecule has 19 heavy (non-hydrogen) atoms. The van der Waals surface area contributed by atoms with Gasteiger partial charge in [0.2, 0.25) is 5.91 Å². The minimum Gasteiger partial charge on any atom is -0.489 e. The zero-order chi connectivity index (χ0) is 14.3. The highest BCUT2D eigenvalue weighted by atomic mass is 19.1. The number of ether oxygens (including phenoxy) is 1. The standard InChI is InChI=1S/C14H21FN2O2/c1-10(2)9-12(16)14(18)17-7-8-19-13-6-4-3-5-11(13)15/h3-6,10,12H,7-9,16H2,1-2H3,(H,17,18)/t12-/m0/s1. The van der Waals surface area contributed by atoms with Gasteiger partial charge in [-0.25, -0.2) is 4.39 Å². The van der Waals surface area contributed by atoms with E-state index >= 15 is 0 Å². The number of hydrogen-bond acceptors (Lipinski definition) is 3. The monoisotopic (exact) mass is 268 g/mol. The van der Waals surface area contributed by atoms with Crippen LogP contribution < -0.4 is 15.8 Å². The zero-order valence-electron chi connectivity index (χ0n) is 11.4. The summed E-state index contributed by atoms with van der Waals surface area (Å²) in [4.78, 5) is 11.6. The van der Waals surface area contributed by atoms with E-state index < -0.39 is 11.9 Å². The van der Waals surface area contributed by atoms with Crippen LogP contribution in [0.2, 0.25) is 0 Å². The summed E-state index contributed by atoms with van der Waals surface area (Å²) in [6.45, 7) is 4.53. The average molecular weight is 268 g/mol. The molecule has 0 aliphatic rings. The van der Waals surface area contributed by atoms with Crippen LogP contribution in [-0.2, 0) is 4.79 Å². The van der Waals surface area contributed by atoms with Crippen LogP contribution in [0.1, 0.15) is 20.3 Å². The number of para-hydroxylation sites is 1. The Labute approximate surface area is 113 Å². The van der Waals surface area contributed by atoms with Crippen LogP contribution in [-0.4, -0.2) is 25.1 Å². The molecule has 0 saturated heterocycles. The third kappa shape index (κ3) is 5.70. The molecule has 0 unspecified atom stereocenters. The number of hydrogen-bond donors (Lipinski definition) is 2. The molecule has 0 saturated carbocycles. The second-order valence-corrected chi connectivity index (χ2v) is 4.81. The van der Waals surface area contributed by atoms with Gasteiger partial charge in [0.1, 0.15) is 6.61 Å². The van der Waals surface area contributed by atoms with Gasteiger partial charge in [-0.1, -0.05) is 26.0 Å². The third-order valence-corrected chi connectivity index (χ3v) is 2.56. The van der Waals surface area contributed by atoms with Crippen LogP contribution in [0.15, 0.2) is 24.3 Å². The summed E-state index contributed by atoms with van der Waals surface area (Å²) in [7, 11) is 0. The lowest BCUT2D eigenvalue weighted by Gasteiger charge is -2.14. The van der Waals surface area contributed by atoms with Crippen LogP contribution >= 0.6 is 0 Å². The maximum Gasteiger partial charge on any atom is 0.237 e. The lowest BCUT2D eigenvalue weighted by atomic mass is 10.0. The molecule has 0 spiro atoms. The van der Waals surface area contributed by atoms with Crippen molar-refractivity contribution in [3.05, 3.63) is 30.1 Å². The zero-order valence-corrected chi connectivity index (χ0v) is 11.4. The van der Waals surface area contributed by atoms with Gasteiger partial charge in [0, 0.05) is 0 Å². The molecule has 3 N–H and O–H groups in total. The van der Waals surface area contributed by atoms with E-state index in [1.54, 1.807) is 18.2 Å². The molecule has 1 rings (SSSR count). The fourth-order valence-electron chi connectivity index (χ4n) is 1.64. The number of rotatable bonds is 7. The van der Waals surface area contributed by atoms with Crippen molar-refractivity contribution >= 4 is 5.91 Å². The van der Waals surface area contributed by atoms with Gasteiger partial charge in [-0.3, -0.25) is 4.79 Å². The fraction of sp³-hybridized carbons (Fsp3) is 0.500. The first kappa shape index (κ1) is 15.4. The summed E-state index contributed by atoms with van der Waals surface area (Å²) in [6.07, 6.45) is 0.639. The number of nitrogens with two attached hydrogens (primary N) is 1. The van der Waals surface area contributed by atoms with E-state index in [1.165, 1.54) is 6.07 Å². The molecular formula is C14H21FN2O2. The Balaban J connectivity index is 2.24. The Morgan fingerprint density at radius 2 is 2.11 bits per heavy atom. The van der Waals surface area contributed by atoms with E-state index in [4.69, 9.17) is 10.5 Å². The van der Waals surface area contributed by atoms with Gasteiger partial charge < -0.3 is 15.8 Å². The molecule has 0 bridgehead atoms. The van der Waals surface area contributed by atoms with Gasteiger partial charge in [0.15, 0.2) is 11.6 Å². The van der Waals surface area contributed by atoms with Gasteiger partial charge in [-0.15, -0.1) is 0 Å². The number of nitrogens with one attached hydrogen (secondary N) is 1. The van der Waals surface area contributed by atoms with Crippen molar-refractivity contribution in [1.29, 1.82) is 0 Å². The first-order valence-electron chi connectivity index (χ1n) is 6.41. The molecule has 1 amide bonds. The van der Waals surface area contributed by atoms with Crippen LogP contribution in [0, 0.1) is 11.7 Å². The molecule has 0 heterocycles. The summed E-state index contributed by atoms with van der Waals surface area (Å²) < 4.78 is 18.4. The summed E-state index contributed by atoms with van der Waals surface area (Å²) in [5.74, 6) is -0.0604. The molecular weight excluding hydrogens is 247 g/mol. The van der Waals surface area contributed by atoms with E-state index in [0.717, 1.165) is 0 Å². The second kappa shape index (κ2) is 7.74. The number of carbonyl (C=O) groups is 1. The molecule has 4 nitrogen and oxygen atoms in total. The maximum absolute atomic E-state index is 13.2. The molecule has 0 fully saturated rings. The van der Waals surface area contributed by atoms with E-state index in [2.05, 4.69) is 5.32 Å². The van der Waals surface area contributed by atoms with Gasteiger partial charge >= 0.3 is 0 Å². The normalized spacial score (nSPS) is 12.3. The Morgan fingerprint density at radius 1 is 1.42 bits per heavy atom. The van der Waals surface area contributed by atoms with Crippen molar-refractivity contribution in [2.75, 3.05) is 13.2 Å². The number of amides is 1. The van der Waals surface area contributed by atoms with Crippen molar-refractivity contribution in [2.45, 2.75) is 26.3 Å². The first-order chi connectivity index (χ1) is 9.00. The molecule has 5 heteroatoms. The van der Waals surface area contributed by atoms with Crippen molar-refractivity contribution in [3.8, 4) is 5.75 Å². The summed E-state index contributed by atoms with van der Waals surface area (Å²) in [5.41, 5.74) is 5.72. The lowest BCUT2D eigenvalue weighted by Crippen LogP contribution is -2.42. The predicted octanol–water partition coefficient (Wildman–Crippen LogP) is 1.69. The molecule has 0 radical (unpaired) electrons. The second-order valence-electron chi connectivity index (χ2n) is 4.81. The Morgan fingerprint density at radius 3 is 2.74 bits per heavy atom. The Kier molecular flexibility index (Phi) is 6.29. The molecule has 1 aromatic rings. The largest absolute Gasteiger partial charge is 0.489 e. The minimum atomic E-state index is -0.506. The number of carbonyl (C=O) groups excluding carboxylic acids is 1. The van der Waals surface area contributed by atoms with Gasteiger partial charge in [0.25, 0.3) is 0 Å². The summed E-state index contributed by atoms with van der Waals surface area (Å²) in [5, 5.41) is 2.67. The van der Waals surface area contributed by atoms with Crippen molar-refractivity contribution in [2.24, 2.45) is 11.7 Å². The molecule has 0 aromatic heterocycles. The number of halogens is 1. The van der Waals surface area contributed by atoms with Crippen LogP contribution in [0.4, 0.5) is 4.39 Å². The van der Waals surface area contributed by atoms with Gasteiger partial charge in [-0.05, 0) is 24.5 Å². The fourth-order valence-corrected chi connectivity index (χ4v) is 1.64. The SMILES string of the molecule is CC(C)C[C@H](N)C(=O)NCCOc1ccccc1F. The molecule has 106 valence electrons. The van der Waals surface area contributed by atoms with Crippen LogP contribution in [0.3, 0.4) is 0 Å². The Hall–Kier alpha value is -1.62. The lowest BCUT2D eigenvalue weighted by molar-refractivity contribution is -0.122. The molecule has 1 aromatic carbocycles. The van der Waals surface area contributed by atoms with Gasteiger partial charge in [0.05, 0.1) is 12.6 Å². The van der Waals surface area contributed by atoms with Crippen LogP contribution in [0.25, 0.3) is 0 Å². The molecule has 0 aliphatic heterocycles. The summed E-state index contributed by atoms with van der Waals surface area (Å²) in [6, 6.07) is 5.65. The highest BCUT2D eigenvalue weighted by Gasteiger charge is 2.14. The van der Waals surface area contributed by atoms with E-state index in [0.29, 0.717) is 18.9 Å². The molecule has 0 aliphatic carbocycles. The van der Waals surface area contributed by atoms with E-state index in [9.17, 15) is 9.18 Å². The third-order valence-electron chi connectivity index (χ3n) is 2.56. The van der Waals surface area contributed by atoms with Gasteiger partial charge in [-0.2, -0.15) is 0 Å². The smallest absolute Gasteiger partial charge is 0.237 e. The maximum atomic E-state index is 13.2.